The lowest BCUT2D eigenvalue weighted by Crippen LogP contribution is -2.04. The molecule has 2 nitrogen and oxygen atoms in total. The van der Waals surface area contributed by atoms with Gasteiger partial charge in [0.1, 0.15) is 17.2 Å². The fourth-order valence-corrected chi connectivity index (χ4v) is 2.09. The van der Waals surface area contributed by atoms with Crippen molar-refractivity contribution in [2.24, 2.45) is 0 Å². The van der Waals surface area contributed by atoms with Gasteiger partial charge in [0.05, 0.1) is 10.9 Å². The Morgan fingerprint density at radius 2 is 1.59 bits per heavy atom. The zero-order valence-electron chi connectivity index (χ0n) is 10.9. The highest BCUT2D eigenvalue weighted by molar-refractivity contribution is 5.78. The van der Waals surface area contributed by atoms with Crippen molar-refractivity contribution in [3.63, 3.8) is 0 Å². The lowest BCUT2D eigenvalue weighted by atomic mass is 10.1. The van der Waals surface area contributed by atoms with Crippen LogP contribution in [0.3, 0.4) is 0 Å². The lowest BCUT2D eigenvalue weighted by Gasteiger charge is -2.07. The highest BCUT2D eigenvalue weighted by Crippen LogP contribution is 2.31. The van der Waals surface area contributed by atoms with E-state index in [2.05, 4.69) is 0 Å². The SMILES string of the molecule is O=c1cc(-c2ccc(C(F)(F)F)cc2)oc2ccc(F)cc12. The van der Waals surface area contributed by atoms with Crippen LogP contribution in [0.5, 0.6) is 0 Å². The van der Waals surface area contributed by atoms with E-state index in [0.717, 1.165) is 30.3 Å². The van der Waals surface area contributed by atoms with Crippen LogP contribution in [0.4, 0.5) is 17.6 Å². The average Bonchev–Trinajstić information content (AvgIpc) is 2.47. The second-order valence-corrected chi connectivity index (χ2v) is 4.69. The summed E-state index contributed by atoms with van der Waals surface area (Å²) >= 11 is 0. The molecule has 0 N–H and O–H groups in total. The van der Waals surface area contributed by atoms with Crippen molar-refractivity contribution in [2.45, 2.75) is 6.18 Å². The standard InChI is InChI=1S/C16H8F4O2/c17-11-5-6-14-12(7-11)13(21)8-15(22-14)9-1-3-10(4-2-9)16(18,19)20/h1-8H. The van der Waals surface area contributed by atoms with Gasteiger partial charge in [-0.2, -0.15) is 13.2 Å². The molecular weight excluding hydrogens is 300 g/mol. The van der Waals surface area contributed by atoms with Gasteiger partial charge in [-0.1, -0.05) is 12.1 Å². The van der Waals surface area contributed by atoms with Crippen LogP contribution < -0.4 is 5.43 Å². The summed E-state index contributed by atoms with van der Waals surface area (Å²) < 4.78 is 56.1. The molecule has 3 aromatic rings. The van der Waals surface area contributed by atoms with Crippen molar-refractivity contribution < 1.29 is 22.0 Å². The molecule has 0 saturated carbocycles. The van der Waals surface area contributed by atoms with Gasteiger partial charge in [0.25, 0.3) is 0 Å². The number of rotatable bonds is 1. The summed E-state index contributed by atoms with van der Waals surface area (Å²) in [4.78, 5) is 11.9. The third kappa shape index (κ3) is 2.59. The number of halogens is 4. The van der Waals surface area contributed by atoms with E-state index in [1.807, 2.05) is 0 Å². The Morgan fingerprint density at radius 1 is 0.909 bits per heavy atom. The van der Waals surface area contributed by atoms with Crippen LogP contribution in [-0.4, -0.2) is 0 Å². The van der Waals surface area contributed by atoms with Crippen LogP contribution in [0.1, 0.15) is 5.56 Å². The van der Waals surface area contributed by atoms with E-state index in [1.54, 1.807) is 0 Å². The van der Waals surface area contributed by atoms with E-state index in [-0.39, 0.29) is 16.7 Å². The van der Waals surface area contributed by atoms with Gasteiger partial charge in [-0.25, -0.2) is 4.39 Å². The number of hydrogen-bond donors (Lipinski definition) is 0. The normalized spacial score (nSPS) is 11.8. The Labute approximate surface area is 121 Å². The molecule has 0 fully saturated rings. The van der Waals surface area contributed by atoms with Gasteiger partial charge in [-0.3, -0.25) is 4.79 Å². The summed E-state index contributed by atoms with van der Waals surface area (Å²) in [6.07, 6.45) is -4.43. The van der Waals surface area contributed by atoms with Crippen LogP contribution >= 0.6 is 0 Å². The number of benzene rings is 2. The quantitative estimate of drug-likeness (QED) is 0.614. The number of alkyl halides is 3. The highest BCUT2D eigenvalue weighted by Gasteiger charge is 2.30. The van der Waals surface area contributed by atoms with Gasteiger partial charge < -0.3 is 4.42 Å². The number of hydrogen-bond acceptors (Lipinski definition) is 2. The molecule has 3 rings (SSSR count). The molecule has 0 radical (unpaired) electrons. The first-order chi connectivity index (χ1) is 10.3. The molecule has 0 unspecified atom stereocenters. The maximum absolute atomic E-state index is 13.1. The predicted molar refractivity (Wildman–Crippen MR) is 72.9 cm³/mol. The highest BCUT2D eigenvalue weighted by atomic mass is 19.4. The van der Waals surface area contributed by atoms with Crippen LogP contribution in [0.2, 0.25) is 0 Å². The Kier molecular flexibility index (Phi) is 3.24. The van der Waals surface area contributed by atoms with E-state index in [4.69, 9.17) is 4.42 Å². The summed E-state index contributed by atoms with van der Waals surface area (Å²) in [7, 11) is 0. The van der Waals surface area contributed by atoms with Crippen molar-refractivity contribution in [1.29, 1.82) is 0 Å². The molecule has 0 aliphatic heterocycles. The molecule has 112 valence electrons. The molecule has 1 aromatic heterocycles. The maximum atomic E-state index is 13.1. The van der Waals surface area contributed by atoms with Gasteiger partial charge in [-0.15, -0.1) is 0 Å². The Hall–Kier alpha value is -2.63. The molecular formula is C16H8F4O2. The van der Waals surface area contributed by atoms with E-state index >= 15 is 0 Å². The van der Waals surface area contributed by atoms with Crippen molar-refractivity contribution in [3.8, 4) is 11.3 Å². The summed E-state index contributed by atoms with van der Waals surface area (Å²) in [6.45, 7) is 0. The molecule has 2 aromatic carbocycles. The molecule has 0 atom stereocenters. The molecule has 0 aliphatic carbocycles. The van der Waals surface area contributed by atoms with Gasteiger partial charge in [0.15, 0.2) is 5.43 Å². The van der Waals surface area contributed by atoms with Crippen LogP contribution in [0.25, 0.3) is 22.3 Å². The molecule has 0 spiro atoms. The zero-order valence-corrected chi connectivity index (χ0v) is 10.9. The summed E-state index contributed by atoms with van der Waals surface area (Å²) in [5.41, 5.74) is -0.753. The molecule has 0 aliphatic rings. The van der Waals surface area contributed by atoms with E-state index in [0.29, 0.717) is 5.56 Å². The topological polar surface area (TPSA) is 30.2 Å². The first-order valence-corrected chi connectivity index (χ1v) is 6.26. The van der Waals surface area contributed by atoms with Crippen LogP contribution in [-0.2, 0) is 6.18 Å². The third-order valence-corrected chi connectivity index (χ3v) is 3.19. The minimum absolute atomic E-state index is 0.0793. The second-order valence-electron chi connectivity index (χ2n) is 4.69. The summed E-state index contributed by atoms with van der Waals surface area (Å²) in [5.74, 6) is -0.445. The monoisotopic (exact) mass is 308 g/mol. The molecule has 1 heterocycles. The lowest BCUT2D eigenvalue weighted by molar-refractivity contribution is -0.137. The molecule has 6 heteroatoms. The minimum Gasteiger partial charge on any atom is -0.456 e. The van der Waals surface area contributed by atoms with Crippen LogP contribution in [0, 0.1) is 5.82 Å². The largest absolute Gasteiger partial charge is 0.456 e. The van der Waals surface area contributed by atoms with E-state index in [1.165, 1.54) is 18.2 Å². The van der Waals surface area contributed by atoms with Crippen molar-refractivity contribution >= 4 is 11.0 Å². The zero-order chi connectivity index (χ0) is 15.9. The maximum Gasteiger partial charge on any atom is 0.416 e. The van der Waals surface area contributed by atoms with Crippen molar-refractivity contribution in [2.75, 3.05) is 0 Å². The fourth-order valence-electron chi connectivity index (χ4n) is 2.09. The second kappa shape index (κ2) is 4.98. The number of fused-ring (bicyclic) bond motifs is 1. The Bertz CT molecular complexity index is 893. The van der Waals surface area contributed by atoms with Gasteiger partial charge in [0.2, 0.25) is 0 Å². The molecule has 22 heavy (non-hydrogen) atoms. The van der Waals surface area contributed by atoms with E-state index in [9.17, 15) is 22.4 Å². The van der Waals surface area contributed by atoms with Crippen molar-refractivity contribution in [1.82, 2.24) is 0 Å². The predicted octanol–water partition coefficient (Wildman–Crippen LogP) is 4.62. The Morgan fingerprint density at radius 3 is 2.23 bits per heavy atom. The summed E-state index contributed by atoms with van der Waals surface area (Å²) in [6, 6.07) is 8.88. The summed E-state index contributed by atoms with van der Waals surface area (Å²) in [5, 5.41) is 0.0793. The van der Waals surface area contributed by atoms with Crippen LogP contribution in [0.15, 0.2) is 57.7 Å². The van der Waals surface area contributed by atoms with Gasteiger partial charge in [-0.05, 0) is 30.3 Å². The Balaban J connectivity index is 2.11. The molecule has 0 amide bonds. The minimum atomic E-state index is -4.43. The fraction of sp³-hybridized carbons (Fsp3) is 0.0625. The third-order valence-electron chi connectivity index (χ3n) is 3.19. The smallest absolute Gasteiger partial charge is 0.416 e. The average molecular weight is 308 g/mol. The molecule has 0 saturated heterocycles. The first-order valence-electron chi connectivity index (χ1n) is 6.26. The van der Waals surface area contributed by atoms with Gasteiger partial charge >= 0.3 is 6.18 Å². The molecule has 0 bridgehead atoms. The van der Waals surface area contributed by atoms with E-state index < -0.39 is 23.0 Å². The first kappa shape index (κ1) is 14.3. The van der Waals surface area contributed by atoms with Crippen molar-refractivity contribution in [3.05, 3.63) is 70.1 Å². The van der Waals surface area contributed by atoms with Gasteiger partial charge in [0, 0.05) is 11.6 Å².